The van der Waals surface area contributed by atoms with Gasteiger partial charge in [0.1, 0.15) is 0 Å². The van der Waals surface area contributed by atoms with Crippen molar-refractivity contribution in [3.05, 3.63) is 63.6 Å². The number of carbonyl (C=O) groups is 2. The molecule has 1 aliphatic heterocycles. The molecular formula is C22H25BrClN3O5S. The van der Waals surface area contributed by atoms with Gasteiger partial charge in [-0.3, -0.25) is 4.79 Å². The van der Waals surface area contributed by atoms with E-state index in [-0.39, 0.29) is 30.5 Å². The van der Waals surface area contributed by atoms with Gasteiger partial charge >= 0.3 is 6.09 Å². The second-order valence-corrected chi connectivity index (χ2v) is 10.7. The lowest BCUT2D eigenvalue weighted by Gasteiger charge is -2.35. The molecule has 1 saturated heterocycles. The van der Waals surface area contributed by atoms with Gasteiger partial charge in [-0.1, -0.05) is 39.7 Å². The van der Waals surface area contributed by atoms with Crippen LogP contribution >= 0.6 is 27.5 Å². The Balaban J connectivity index is 1.76. The number of hydrogen-bond acceptors (Lipinski definition) is 5. The predicted molar refractivity (Wildman–Crippen MR) is 128 cm³/mol. The zero-order chi connectivity index (χ0) is 24.0. The molecule has 0 bridgehead atoms. The molecule has 0 radical (unpaired) electrons. The summed E-state index contributed by atoms with van der Waals surface area (Å²) in [6.07, 6.45) is -0.410. The van der Waals surface area contributed by atoms with Crippen molar-refractivity contribution in [3.63, 3.8) is 0 Å². The summed E-state index contributed by atoms with van der Waals surface area (Å²) < 4.78 is 33.7. The van der Waals surface area contributed by atoms with Crippen LogP contribution in [0.15, 0.2) is 57.9 Å². The molecule has 0 N–H and O–H groups in total. The van der Waals surface area contributed by atoms with Crippen LogP contribution in [0.5, 0.6) is 0 Å². The van der Waals surface area contributed by atoms with Gasteiger partial charge in [0.05, 0.1) is 18.0 Å². The Hall–Kier alpha value is -2.14. The molecule has 3 rings (SSSR count). The van der Waals surface area contributed by atoms with Crippen molar-refractivity contribution >= 4 is 49.6 Å². The van der Waals surface area contributed by atoms with Gasteiger partial charge in [-0.2, -0.15) is 4.31 Å². The van der Waals surface area contributed by atoms with Crippen LogP contribution in [0.1, 0.15) is 12.5 Å². The van der Waals surface area contributed by atoms with E-state index < -0.39 is 16.1 Å². The topological polar surface area (TPSA) is 87.2 Å². The minimum absolute atomic E-state index is 0.0180. The zero-order valence-electron chi connectivity index (χ0n) is 18.1. The quantitative estimate of drug-likeness (QED) is 0.518. The van der Waals surface area contributed by atoms with Gasteiger partial charge < -0.3 is 14.5 Å². The van der Waals surface area contributed by atoms with Gasteiger partial charge in [-0.25, -0.2) is 13.2 Å². The van der Waals surface area contributed by atoms with E-state index >= 15 is 0 Å². The second-order valence-electron chi connectivity index (χ2n) is 7.42. The molecule has 1 fully saturated rings. The number of halogens is 2. The lowest BCUT2D eigenvalue weighted by molar-refractivity contribution is -0.133. The van der Waals surface area contributed by atoms with E-state index in [1.807, 2.05) is 0 Å². The Kier molecular flexibility index (Phi) is 8.75. The molecule has 0 atom stereocenters. The number of sulfonamides is 1. The number of hydrogen-bond donors (Lipinski definition) is 0. The standard InChI is InChI=1S/C22H25BrClN3O5S/c1-2-32-22(29)26-13-11-25(12-14-26)21(28)16-27(15-17-3-7-19(24)8-4-17)33(30,31)20-9-5-18(23)6-10-20/h3-10H,2,11-16H2,1H3. The average Bonchev–Trinajstić information content (AvgIpc) is 2.80. The van der Waals surface area contributed by atoms with E-state index in [9.17, 15) is 18.0 Å². The Morgan fingerprint density at radius 1 is 1.00 bits per heavy atom. The third kappa shape index (κ3) is 6.69. The molecule has 8 nitrogen and oxygen atoms in total. The van der Waals surface area contributed by atoms with Crippen LogP contribution in [-0.4, -0.2) is 73.9 Å². The third-order valence-corrected chi connectivity index (χ3v) is 7.78. The van der Waals surface area contributed by atoms with Crippen LogP contribution in [0, 0.1) is 0 Å². The van der Waals surface area contributed by atoms with Gasteiger partial charge in [0, 0.05) is 42.2 Å². The van der Waals surface area contributed by atoms with Crippen LogP contribution in [0.25, 0.3) is 0 Å². The Labute approximate surface area is 207 Å². The minimum Gasteiger partial charge on any atom is -0.450 e. The smallest absolute Gasteiger partial charge is 0.409 e. The first-order valence-corrected chi connectivity index (χ1v) is 13.0. The first-order valence-electron chi connectivity index (χ1n) is 10.4. The van der Waals surface area contributed by atoms with E-state index in [0.717, 1.165) is 4.47 Å². The fourth-order valence-corrected chi connectivity index (χ4v) is 5.15. The summed E-state index contributed by atoms with van der Waals surface area (Å²) in [6, 6.07) is 13.1. The van der Waals surface area contributed by atoms with Gasteiger partial charge in [0.2, 0.25) is 15.9 Å². The summed E-state index contributed by atoms with van der Waals surface area (Å²) in [5.41, 5.74) is 0.708. The molecule has 11 heteroatoms. The summed E-state index contributed by atoms with van der Waals surface area (Å²) in [4.78, 5) is 28.1. The first kappa shape index (κ1) is 25.5. The highest BCUT2D eigenvalue weighted by Gasteiger charge is 2.31. The fraction of sp³-hybridized carbons (Fsp3) is 0.364. The Bertz CT molecular complexity index is 1070. The van der Waals surface area contributed by atoms with Crippen molar-refractivity contribution in [2.24, 2.45) is 0 Å². The fourth-order valence-electron chi connectivity index (χ4n) is 3.38. The van der Waals surface area contributed by atoms with E-state index in [2.05, 4.69) is 15.9 Å². The Morgan fingerprint density at radius 2 is 1.58 bits per heavy atom. The normalized spacial score (nSPS) is 14.4. The number of amides is 2. The maximum atomic E-state index is 13.4. The molecule has 0 aromatic heterocycles. The molecule has 0 aliphatic carbocycles. The largest absolute Gasteiger partial charge is 0.450 e. The molecule has 1 aliphatic rings. The van der Waals surface area contributed by atoms with Crippen molar-refractivity contribution in [1.82, 2.24) is 14.1 Å². The van der Waals surface area contributed by atoms with Crippen LogP contribution < -0.4 is 0 Å². The van der Waals surface area contributed by atoms with E-state index in [1.165, 1.54) is 21.3 Å². The van der Waals surface area contributed by atoms with Crippen molar-refractivity contribution < 1.29 is 22.7 Å². The van der Waals surface area contributed by atoms with Crippen molar-refractivity contribution in [3.8, 4) is 0 Å². The van der Waals surface area contributed by atoms with Gasteiger partial charge in [0.15, 0.2) is 0 Å². The zero-order valence-corrected chi connectivity index (χ0v) is 21.3. The van der Waals surface area contributed by atoms with Crippen molar-refractivity contribution in [2.75, 3.05) is 39.3 Å². The lowest BCUT2D eigenvalue weighted by atomic mass is 10.2. The maximum absolute atomic E-state index is 13.4. The minimum atomic E-state index is -3.94. The summed E-state index contributed by atoms with van der Waals surface area (Å²) in [7, 11) is -3.94. The Morgan fingerprint density at radius 3 is 2.15 bits per heavy atom. The van der Waals surface area contributed by atoms with Crippen LogP contribution in [0.2, 0.25) is 5.02 Å². The van der Waals surface area contributed by atoms with Crippen molar-refractivity contribution in [1.29, 1.82) is 0 Å². The molecule has 0 unspecified atom stereocenters. The van der Waals surface area contributed by atoms with Gasteiger partial charge in [-0.05, 0) is 48.9 Å². The van der Waals surface area contributed by atoms with Crippen molar-refractivity contribution in [2.45, 2.75) is 18.4 Å². The lowest BCUT2D eigenvalue weighted by Crippen LogP contribution is -2.53. The molecule has 2 amide bonds. The third-order valence-electron chi connectivity index (χ3n) is 5.19. The number of carbonyl (C=O) groups excluding carboxylic acids is 2. The summed E-state index contributed by atoms with van der Waals surface area (Å²) in [5, 5.41) is 0.539. The average molecular weight is 559 g/mol. The summed E-state index contributed by atoms with van der Waals surface area (Å²) in [5.74, 6) is -0.326. The summed E-state index contributed by atoms with van der Waals surface area (Å²) >= 11 is 9.26. The number of benzene rings is 2. The molecule has 33 heavy (non-hydrogen) atoms. The highest BCUT2D eigenvalue weighted by Crippen LogP contribution is 2.22. The number of piperazine rings is 1. The highest BCUT2D eigenvalue weighted by molar-refractivity contribution is 9.10. The monoisotopic (exact) mass is 557 g/mol. The SMILES string of the molecule is CCOC(=O)N1CCN(C(=O)CN(Cc2ccc(Cl)cc2)S(=O)(=O)c2ccc(Br)cc2)CC1. The van der Waals surface area contributed by atoms with Crippen LogP contribution in [-0.2, 0) is 26.1 Å². The molecule has 1 heterocycles. The van der Waals surface area contributed by atoms with Crippen LogP contribution in [0.3, 0.4) is 0 Å². The van der Waals surface area contributed by atoms with E-state index in [4.69, 9.17) is 16.3 Å². The second kappa shape index (κ2) is 11.3. The van der Waals surface area contributed by atoms with Crippen LogP contribution in [0.4, 0.5) is 4.79 Å². The predicted octanol–water partition coefficient (Wildman–Crippen LogP) is 3.59. The van der Waals surface area contributed by atoms with Gasteiger partial charge in [0.25, 0.3) is 0 Å². The molecule has 2 aromatic carbocycles. The molecular weight excluding hydrogens is 534 g/mol. The highest BCUT2D eigenvalue weighted by atomic mass is 79.9. The molecule has 178 valence electrons. The number of rotatable bonds is 7. The molecule has 0 spiro atoms. The number of nitrogens with zero attached hydrogens (tertiary/aromatic N) is 3. The van der Waals surface area contributed by atoms with E-state index in [0.29, 0.717) is 36.8 Å². The first-order chi connectivity index (χ1) is 15.7. The number of ether oxygens (including phenoxy) is 1. The van der Waals surface area contributed by atoms with E-state index in [1.54, 1.807) is 48.2 Å². The van der Waals surface area contributed by atoms with Gasteiger partial charge in [-0.15, -0.1) is 0 Å². The molecule has 0 saturated carbocycles. The maximum Gasteiger partial charge on any atom is 0.409 e. The molecule has 2 aromatic rings. The summed E-state index contributed by atoms with van der Waals surface area (Å²) in [6.45, 7) is 3.01.